The molecule has 1 heterocycles. The third-order valence-corrected chi connectivity index (χ3v) is 2.33. The van der Waals surface area contributed by atoms with Crippen molar-refractivity contribution in [3.8, 4) is 0 Å². The van der Waals surface area contributed by atoms with Crippen LogP contribution >= 0.6 is 0 Å². The number of hydrogen-bond acceptors (Lipinski definition) is 1. The van der Waals surface area contributed by atoms with Gasteiger partial charge in [0.2, 0.25) is 0 Å². The van der Waals surface area contributed by atoms with Crippen molar-refractivity contribution in [2.45, 2.75) is 25.9 Å². The van der Waals surface area contributed by atoms with Crippen LogP contribution in [0.3, 0.4) is 0 Å². The monoisotopic (exact) mass is 190 g/mol. The average molecular weight is 190 g/mol. The molecule has 0 spiro atoms. The summed E-state index contributed by atoms with van der Waals surface area (Å²) in [6.07, 6.45) is -3.15. The van der Waals surface area contributed by atoms with Gasteiger partial charge < -0.3 is 0 Å². The molecule has 0 fully saturated rings. The molecule has 0 aromatic carbocycles. The molecule has 0 saturated heterocycles. The molecule has 1 N–H and O–H groups in total. The lowest BCUT2D eigenvalue weighted by molar-refractivity contribution is -0.141. The zero-order valence-corrected chi connectivity index (χ0v) is 7.07. The molecule has 0 bridgehead atoms. The van der Waals surface area contributed by atoms with E-state index < -0.39 is 11.9 Å². The van der Waals surface area contributed by atoms with Crippen LogP contribution in [0.1, 0.15) is 23.9 Å². The molecule has 0 amide bonds. The van der Waals surface area contributed by atoms with Crippen LogP contribution in [0, 0.1) is 5.92 Å². The summed E-state index contributed by atoms with van der Waals surface area (Å²) < 4.78 is 37.0. The number of fused-ring (bicyclic) bond motifs is 1. The van der Waals surface area contributed by atoms with E-state index >= 15 is 0 Å². The molecule has 1 unspecified atom stereocenters. The normalized spacial score (nSPS) is 22.0. The van der Waals surface area contributed by atoms with Crippen molar-refractivity contribution >= 4 is 0 Å². The van der Waals surface area contributed by atoms with Crippen molar-refractivity contribution in [1.29, 1.82) is 0 Å². The molecule has 72 valence electrons. The van der Waals surface area contributed by atoms with Gasteiger partial charge in [0.1, 0.15) is 0 Å². The lowest BCUT2D eigenvalue weighted by Gasteiger charge is -2.04. The molecule has 5 heteroatoms. The van der Waals surface area contributed by atoms with Crippen molar-refractivity contribution in [3.05, 3.63) is 17.0 Å². The maximum absolute atomic E-state index is 12.3. The van der Waals surface area contributed by atoms with Gasteiger partial charge in [0.05, 0.1) is 0 Å². The van der Waals surface area contributed by atoms with Crippen LogP contribution in [0.2, 0.25) is 0 Å². The number of nitrogens with one attached hydrogen (secondary N) is 1. The van der Waals surface area contributed by atoms with Gasteiger partial charge in [-0.2, -0.15) is 18.3 Å². The molecule has 13 heavy (non-hydrogen) atoms. The van der Waals surface area contributed by atoms with Crippen molar-refractivity contribution in [1.82, 2.24) is 10.2 Å². The number of rotatable bonds is 0. The minimum Gasteiger partial charge on any atom is -0.282 e. The Hall–Kier alpha value is -1.00. The van der Waals surface area contributed by atoms with Crippen LogP contribution in [0.5, 0.6) is 0 Å². The third-order valence-electron chi connectivity index (χ3n) is 2.33. The highest BCUT2D eigenvalue weighted by atomic mass is 19.4. The SMILES string of the molecule is CC1Cc2[nH]nc(C(F)(F)F)c2C1. The molecular weight excluding hydrogens is 181 g/mol. The molecule has 1 aliphatic rings. The molecule has 1 aromatic rings. The van der Waals surface area contributed by atoms with Gasteiger partial charge in [-0.3, -0.25) is 5.10 Å². The lowest BCUT2D eigenvalue weighted by atomic mass is 10.1. The first-order chi connectivity index (χ1) is 5.98. The van der Waals surface area contributed by atoms with E-state index in [0.717, 1.165) is 0 Å². The zero-order chi connectivity index (χ0) is 9.64. The van der Waals surface area contributed by atoms with Crippen LogP contribution in [-0.2, 0) is 19.0 Å². The number of alkyl halides is 3. The fourth-order valence-corrected chi connectivity index (χ4v) is 1.79. The van der Waals surface area contributed by atoms with Gasteiger partial charge in [0.25, 0.3) is 0 Å². The van der Waals surface area contributed by atoms with E-state index in [1.807, 2.05) is 6.92 Å². The Bertz CT molecular complexity index is 327. The first-order valence-electron chi connectivity index (χ1n) is 4.12. The van der Waals surface area contributed by atoms with Crippen LogP contribution < -0.4 is 0 Å². The molecule has 0 aliphatic heterocycles. The predicted octanol–water partition coefficient (Wildman–Crippen LogP) is 2.16. The van der Waals surface area contributed by atoms with Crippen molar-refractivity contribution in [3.63, 3.8) is 0 Å². The van der Waals surface area contributed by atoms with Gasteiger partial charge in [-0.05, 0) is 18.8 Å². The summed E-state index contributed by atoms with van der Waals surface area (Å²) in [4.78, 5) is 0. The molecule has 2 rings (SSSR count). The van der Waals surface area contributed by atoms with E-state index in [0.29, 0.717) is 30.0 Å². The van der Waals surface area contributed by atoms with Gasteiger partial charge in [-0.1, -0.05) is 6.92 Å². The van der Waals surface area contributed by atoms with E-state index in [9.17, 15) is 13.2 Å². The maximum atomic E-state index is 12.3. The number of aromatic nitrogens is 2. The number of aromatic amines is 1. The first-order valence-corrected chi connectivity index (χ1v) is 4.12. The maximum Gasteiger partial charge on any atom is 0.435 e. The summed E-state index contributed by atoms with van der Waals surface area (Å²) in [5.74, 6) is 0.297. The Morgan fingerprint density at radius 2 is 2.08 bits per heavy atom. The van der Waals surface area contributed by atoms with E-state index in [-0.39, 0.29) is 0 Å². The lowest BCUT2D eigenvalue weighted by Crippen LogP contribution is -2.09. The second-order valence-electron chi connectivity index (χ2n) is 3.54. The highest BCUT2D eigenvalue weighted by molar-refractivity contribution is 5.32. The Kier molecular flexibility index (Phi) is 1.65. The fraction of sp³-hybridized carbons (Fsp3) is 0.625. The van der Waals surface area contributed by atoms with E-state index in [4.69, 9.17) is 0 Å². The zero-order valence-electron chi connectivity index (χ0n) is 7.07. The third kappa shape index (κ3) is 1.32. The summed E-state index contributed by atoms with van der Waals surface area (Å²) in [7, 11) is 0. The highest BCUT2D eigenvalue weighted by Crippen LogP contribution is 2.36. The van der Waals surface area contributed by atoms with Gasteiger partial charge in [0.15, 0.2) is 5.69 Å². The smallest absolute Gasteiger partial charge is 0.282 e. The number of hydrogen-bond donors (Lipinski definition) is 1. The van der Waals surface area contributed by atoms with Crippen LogP contribution in [-0.4, -0.2) is 10.2 Å². The van der Waals surface area contributed by atoms with Gasteiger partial charge in [-0.25, -0.2) is 0 Å². The van der Waals surface area contributed by atoms with Crippen molar-refractivity contribution < 1.29 is 13.2 Å². The average Bonchev–Trinajstić information content (AvgIpc) is 2.41. The van der Waals surface area contributed by atoms with Gasteiger partial charge in [-0.15, -0.1) is 0 Å². The Morgan fingerprint density at radius 3 is 2.69 bits per heavy atom. The minimum atomic E-state index is -4.31. The standard InChI is InChI=1S/C8H9F3N2/c1-4-2-5-6(3-4)12-13-7(5)8(9,10)11/h4H,2-3H2,1H3,(H,12,13). The largest absolute Gasteiger partial charge is 0.435 e. The second-order valence-corrected chi connectivity index (χ2v) is 3.54. The number of H-pyrrole nitrogens is 1. The van der Waals surface area contributed by atoms with Crippen LogP contribution in [0.4, 0.5) is 13.2 Å². The van der Waals surface area contributed by atoms with E-state index in [1.54, 1.807) is 0 Å². The van der Waals surface area contributed by atoms with Crippen LogP contribution in [0.25, 0.3) is 0 Å². The number of halogens is 3. The highest BCUT2D eigenvalue weighted by Gasteiger charge is 2.39. The molecule has 1 atom stereocenters. The summed E-state index contributed by atoms with van der Waals surface area (Å²) in [6, 6.07) is 0. The molecule has 0 saturated carbocycles. The molecular formula is C8H9F3N2. The quantitative estimate of drug-likeness (QED) is 0.667. The molecule has 1 aromatic heterocycles. The fourth-order valence-electron chi connectivity index (χ4n) is 1.79. The van der Waals surface area contributed by atoms with Gasteiger partial charge in [0, 0.05) is 11.3 Å². The minimum absolute atomic E-state index is 0.297. The van der Waals surface area contributed by atoms with Crippen LogP contribution in [0.15, 0.2) is 0 Å². The van der Waals surface area contributed by atoms with Crippen molar-refractivity contribution in [2.75, 3.05) is 0 Å². The Balaban J connectivity index is 2.42. The summed E-state index contributed by atoms with van der Waals surface area (Å²) in [5, 5.41) is 5.75. The predicted molar refractivity (Wildman–Crippen MR) is 40.2 cm³/mol. The van der Waals surface area contributed by atoms with E-state index in [1.165, 1.54) is 0 Å². The van der Waals surface area contributed by atoms with Crippen molar-refractivity contribution in [2.24, 2.45) is 5.92 Å². The summed E-state index contributed by atoms with van der Waals surface area (Å²) >= 11 is 0. The van der Waals surface area contributed by atoms with E-state index in [2.05, 4.69) is 10.2 Å². The summed E-state index contributed by atoms with van der Waals surface area (Å²) in [5.41, 5.74) is 0.284. The molecule has 1 aliphatic carbocycles. The Labute approximate surface area is 73.1 Å². The van der Waals surface area contributed by atoms with Gasteiger partial charge >= 0.3 is 6.18 Å². The topological polar surface area (TPSA) is 28.7 Å². The molecule has 2 nitrogen and oxygen atoms in total. The second kappa shape index (κ2) is 2.49. The summed E-state index contributed by atoms with van der Waals surface area (Å²) in [6.45, 7) is 1.94. The Morgan fingerprint density at radius 1 is 1.38 bits per heavy atom. The first kappa shape index (κ1) is 8.59. The molecule has 0 radical (unpaired) electrons. The number of nitrogens with zero attached hydrogens (tertiary/aromatic N) is 1.